The number of aromatic nitrogens is 4. The average molecular weight is 332 g/mol. The fourth-order valence-corrected chi connectivity index (χ4v) is 2.89. The number of pyridine rings is 2. The van der Waals surface area contributed by atoms with Crippen molar-refractivity contribution in [3.05, 3.63) is 54.9 Å². The van der Waals surface area contributed by atoms with E-state index in [2.05, 4.69) is 20.2 Å². The largest absolute Gasteiger partial charge is 0.496 e. The van der Waals surface area contributed by atoms with Crippen LogP contribution in [-0.4, -0.2) is 34.4 Å². The van der Waals surface area contributed by atoms with Gasteiger partial charge in [0.15, 0.2) is 5.65 Å². The molecule has 0 aliphatic carbocycles. The van der Waals surface area contributed by atoms with Crippen LogP contribution >= 0.6 is 0 Å². The van der Waals surface area contributed by atoms with Gasteiger partial charge in [-0.2, -0.15) is 5.10 Å². The predicted octanol–water partition coefficient (Wildman–Crippen LogP) is 3.70. The Hall–Kier alpha value is -3.41. The number of hydrogen-bond acceptors (Lipinski definition) is 5. The Kier molecular flexibility index (Phi) is 3.78. The summed E-state index contributed by atoms with van der Waals surface area (Å²) in [5.74, 6) is 1.35. The number of para-hydroxylation sites is 1. The van der Waals surface area contributed by atoms with E-state index >= 15 is 0 Å². The van der Waals surface area contributed by atoms with E-state index in [9.17, 15) is 0 Å². The van der Waals surface area contributed by atoms with Crippen molar-refractivity contribution in [1.29, 1.82) is 0 Å². The van der Waals surface area contributed by atoms with E-state index in [1.807, 2.05) is 42.5 Å². The molecule has 0 aliphatic rings. The van der Waals surface area contributed by atoms with E-state index in [1.165, 1.54) is 0 Å². The highest BCUT2D eigenvalue weighted by Gasteiger charge is 2.17. The Balaban J connectivity index is 1.96. The Morgan fingerprint density at radius 3 is 2.52 bits per heavy atom. The molecule has 0 atom stereocenters. The van der Waals surface area contributed by atoms with Gasteiger partial charge in [0, 0.05) is 29.6 Å². The summed E-state index contributed by atoms with van der Waals surface area (Å²) in [6.07, 6.45) is 3.53. The number of nitrogens with zero attached hydrogens (tertiary/aromatic N) is 3. The average Bonchev–Trinajstić information content (AvgIpc) is 3.12. The summed E-state index contributed by atoms with van der Waals surface area (Å²) in [4.78, 5) is 8.68. The topological polar surface area (TPSA) is 72.9 Å². The lowest BCUT2D eigenvalue weighted by Crippen LogP contribution is -1.90. The third kappa shape index (κ3) is 2.57. The third-order valence-electron chi connectivity index (χ3n) is 4.09. The highest BCUT2D eigenvalue weighted by molar-refractivity contribution is 6.02. The van der Waals surface area contributed by atoms with Gasteiger partial charge in [-0.15, -0.1) is 0 Å². The van der Waals surface area contributed by atoms with Gasteiger partial charge in [0.1, 0.15) is 5.75 Å². The zero-order valence-electron chi connectivity index (χ0n) is 13.9. The van der Waals surface area contributed by atoms with E-state index in [0.717, 1.165) is 33.5 Å². The summed E-state index contributed by atoms with van der Waals surface area (Å²) >= 11 is 0. The molecule has 0 fully saturated rings. The first-order chi connectivity index (χ1) is 12.3. The molecule has 124 valence electrons. The minimum atomic E-state index is 0.575. The van der Waals surface area contributed by atoms with Crippen LogP contribution in [0.15, 0.2) is 54.9 Å². The lowest BCUT2D eigenvalue weighted by atomic mass is 10.0. The molecule has 4 rings (SSSR count). The van der Waals surface area contributed by atoms with Gasteiger partial charge >= 0.3 is 0 Å². The van der Waals surface area contributed by atoms with Gasteiger partial charge in [0.05, 0.1) is 25.3 Å². The summed E-state index contributed by atoms with van der Waals surface area (Å²) in [6.45, 7) is 0. The van der Waals surface area contributed by atoms with Crippen molar-refractivity contribution in [3.63, 3.8) is 0 Å². The number of methoxy groups -OCH3 is 2. The highest BCUT2D eigenvalue weighted by atomic mass is 16.5. The Morgan fingerprint density at radius 1 is 0.880 bits per heavy atom. The van der Waals surface area contributed by atoms with Crippen LogP contribution < -0.4 is 9.47 Å². The smallest absolute Gasteiger partial charge is 0.212 e. The van der Waals surface area contributed by atoms with Gasteiger partial charge in [-0.1, -0.05) is 12.1 Å². The van der Waals surface area contributed by atoms with E-state index < -0.39 is 0 Å². The van der Waals surface area contributed by atoms with Gasteiger partial charge in [-0.25, -0.2) is 9.97 Å². The first-order valence-corrected chi connectivity index (χ1v) is 7.78. The van der Waals surface area contributed by atoms with E-state index in [0.29, 0.717) is 11.5 Å². The van der Waals surface area contributed by atoms with E-state index in [1.54, 1.807) is 26.6 Å². The molecule has 0 amide bonds. The first kappa shape index (κ1) is 15.1. The summed E-state index contributed by atoms with van der Waals surface area (Å²) in [5.41, 5.74) is 4.41. The van der Waals surface area contributed by atoms with Crippen LogP contribution in [0.25, 0.3) is 33.4 Å². The number of nitrogens with one attached hydrogen (secondary N) is 1. The lowest BCUT2D eigenvalue weighted by Gasteiger charge is -2.09. The SMILES string of the molecule is COc1ccc(-c2ccnc3n[nH]c(-c4ccccc4OC)c23)cn1. The molecule has 3 heterocycles. The molecule has 0 aliphatic heterocycles. The minimum absolute atomic E-state index is 0.575. The zero-order valence-corrected chi connectivity index (χ0v) is 13.9. The van der Waals surface area contributed by atoms with Crippen molar-refractivity contribution in [2.75, 3.05) is 14.2 Å². The number of hydrogen-bond donors (Lipinski definition) is 1. The van der Waals surface area contributed by atoms with Gasteiger partial charge in [-0.3, -0.25) is 5.10 Å². The number of aromatic amines is 1. The molecule has 1 N–H and O–H groups in total. The van der Waals surface area contributed by atoms with Gasteiger partial charge in [0.2, 0.25) is 5.88 Å². The number of benzene rings is 1. The predicted molar refractivity (Wildman–Crippen MR) is 95.7 cm³/mol. The van der Waals surface area contributed by atoms with Gasteiger partial charge in [-0.05, 0) is 29.8 Å². The fraction of sp³-hybridized carbons (Fsp3) is 0.105. The molecule has 0 spiro atoms. The second kappa shape index (κ2) is 6.24. The molecule has 0 bridgehead atoms. The van der Waals surface area contributed by atoms with Crippen LogP contribution in [0.5, 0.6) is 11.6 Å². The maximum Gasteiger partial charge on any atom is 0.212 e. The molecule has 25 heavy (non-hydrogen) atoms. The number of H-pyrrole nitrogens is 1. The molecule has 0 radical (unpaired) electrons. The maximum absolute atomic E-state index is 5.50. The van der Waals surface area contributed by atoms with Crippen LogP contribution in [0.1, 0.15) is 0 Å². The Morgan fingerprint density at radius 2 is 1.76 bits per heavy atom. The van der Waals surface area contributed by atoms with Gasteiger partial charge < -0.3 is 9.47 Å². The standard InChI is InChI=1S/C19H16N4O2/c1-24-15-6-4-3-5-14(15)18-17-13(9-10-20-19(17)23-22-18)12-7-8-16(25-2)21-11-12/h3-11H,1-2H3,(H,20,22,23). The van der Waals surface area contributed by atoms with Crippen molar-refractivity contribution in [2.24, 2.45) is 0 Å². The number of rotatable bonds is 4. The molecule has 0 saturated carbocycles. The molecule has 6 nitrogen and oxygen atoms in total. The van der Waals surface area contributed by atoms with Crippen molar-refractivity contribution in [3.8, 4) is 34.0 Å². The van der Waals surface area contributed by atoms with E-state index in [4.69, 9.17) is 9.47 Å². The highest BCUT2D eigenvalue weighted by Crippen LogP contribution is 2.37. The van der Waals surface area contributed by atoms with Crippen molar-refractivity contribution in [2.45, 2.75) is 0 Å². The molecule has 3 aromatic heterocycles. The number of ether oxygens (including phenoxy) is 2. The molecule has 4 aromatic rings. The Bertz CT molecular complexity index is 1030. The molecule has 1 aromatic carbocycles. The quantitative estimate of drug-likeness (QED) is 0.617. The zero-order chi connectivity index (χ0) is 17.2. The molecule has 0 saturated heterocycles. The molecule has 6 heteroatoms. The normalized spacial score (nSPS) is 10.8. The molecule has 0 unspecified atom stereocenters. The second-order valence-electron chi connectivity index (χ2n) is 5.45. The van der Waals surface area contributed by atoms with Crippen molar-refractivity contribution < 1.29 is 9.47 Å². The van der Waals surface area contributed by atoms with Crippen LogP contribution in [0.3, 0.4) is 0 Å². The van der Waals surface area contributed by atoms with Gasteiger partial charge in [0.25, 0.3) is 0 Å². The summed E-state index contributed by atoms with van der Waals surface area (Å²) in [7, 11) is 3.26. The van der Waals surface area contributed by atoms with Crippen LogP contribution in [0.2, 0.25) is 0 Å². The summed E-state index contributed by atoms with van der Waals surface area (Å²) < 4.78 is 10.6. The Labute approximate surface area is 144 Å². The minimum Gasteiger partial charge on any atom is -0.496 e. The van der Waals surface area contributed by atoms with Crippen LogP contribution in [0, 0.1) is 0 Å². The van der Waals surface area contributed by atoms with Crippen molar-refractivity contribution >= 4 is 11.0 Å². The lowest BCUT2D eigenvalue weighted by molar-refractivity contribution is 0.398. The second-order valence-corrected chi connectivity index (χ2v) is 5.45. The monoisotopic (exact) mass is 332 g/mol. The third-order valence-corrected chi connectivity index (χ3v) is 4.09. The maximum atomic E-state index is 5.50. The molecular formula is C19H16N4O2. The van der Waals surface area contributed by atoms with Crippen LogP contribution in [0.4, 0.5) is 0 Å². The summed E-state index contributed by atoms with van der Waals surface area (Å²) in [5, 5.41) is 8.38. The van der Waals surface area contributed by atoms with Crippen LogP contribution in [-0.2, 0) is 0 Å². The fourth-order valence-electron chi connectivity index (χ4n) is 2.89. The van der Waals surface area contributed by atoms with E-state index in [-0.39, 0.29) is 0 Å². The molecular weight excluding hydrogens is 316 g/mol. The number of fused-ring (bicyclic) bond motifs is 1. The summed E-state index contributed by atoms with van der Waals surface area (Å²) in [6, 6.07) is 13.6. The van der Waals surface area contributed by atoms with Crippen molar-refractivity contribution in [1.82, 2.24) is 20.2 Å². The first-order valence-electron chi connectivity index (χ1n) is 7.78.